The number of aromatic nitrogens is 2. The van der Waals surface area contributed by atoms with Crippen LogP contribution >= 0.6 is 0 Å². The molecule has 0 unspecified atom stereocenters. The second kappa shape index (κ2) is 6.76. The van der Waals surface area contributed by atoms with Crippen LogP contribution in [0.15, 0.2) is 35.3 Å². The molecular formula is C22H27N5O. The number of hydrogen-bond acceptors (Lipinski definition) is 4. The normalized spacial score (nSPS) is 22.3. The predicted octanol–water partition coefficient (Wildman–Crippen LogP) is 3.45. The molecule has 0 N–H and O–H groups in total. The molecule has 0 radical (unpaired) electrons. The molecule has 6 nitrogen and oxygen atoms in total. The lowest BCUT2D eigenvalue weighted by atomic mass is 9.84. The van der Waals surface area contributed by atoms with Gasteiger partial charge in [0.15, 0.2) is 11.5 Å². The number of rotatable bonds is 3. The van der Waals surface area contributed by atoms with Crippen molar-refractivity contribution in [2.45, 2.75) is 51.6 Å². The first-order chi connectivity index (χ1) is 13.6. The Hall–Kier alpha value is -2.63. The van der Waals surface area contributed by atoms with Gasteiger partial charge >= 0.3 is 0 Å². The van der Waals surface area contributed by atoms with Gasteiger partial charge < -0.3 is 4.57 Å². The van der Waals surface area contributed by atoms with Crippen molar-refractivity contribution in [3.05, 3.63) is 47.4 Å². The number of guanidine groups is 1. The van der Waals surface area contributed by atoms with E-state index in [1.165, 1.54) is 37.7 Å². The number of carbonyl (C=O) groups excluding carboxylic acids is 1. The number of nitrogens with zero attached hydrogens (tertiary/aromatic N) is 5. The van der Waals surface area contributed by atoms with Gasteiger partial charge in [0.2, 0.25) is 5.96 Å². The highest BCUT2D eigenvalue weighted by Gasteiger charge is 2.43. The van der Waals surface area contributed by atoms with E-state index in [0.717, 1.165) is 24.1 Å². The van der Waals surface area contributed by atoms with E-state index in [1.54, 1.807) is 4.90 Å². The molecule has 6 heteroatoms. The first-order valence-corrected chi connectivity index (χ1v) is 10.4. The second-order valence-electron chi connectivity index (χ2n) is 8.27. The molecule has 5 rings (SSSR count). The lowest BCUT2D eigenvalue weighted by molar-refractivity contribution is 0.0855. The van der Waals surface area contributed by atoms with Gasteiger partial charge in [0.05, 0.1) is 12.6 Å². The highest BCUT2D eigenvalue weighted by atomic mass is 16.2. The molecule has 3 aliphatic rings. The van der Waals surface area contributed by atoms with Gasteiger partial charge in [-0.05, 0) is 31.2 Å². The summed E-state index contributed by atoms with van der Waals surface area (Å²) in [6.45, 7) is 3.48. The van der Waals surface area contributed by atoms with Gasteiger partial charge in [-0.2, -0.15) is 0 Å². The molecule has 1 amide bonds. The summed E-state index contributed by atoms with van der Waals surface area (Å²) in [7, 11) is 1.84. The van der Waals surface area contributed by atoms with Gasteiger partial charge in [-0.1, -0.05) is 49.6 Å². The van der Waals surface area contributed by atoms with E-state index >= 15 is 0 Å². The molecule has 1 atom stereocenters. The molecule has 1 aliphatic carbocycles. The number of imidazole rings is 1. The standard InChI is InChI=1S/C22H27N5O/c1-15-23-20-19(26(15)13-16-9-5-3-6-10-16)21(28)25(2)22-24-18(14-27(20)22)17-11-7-4-8-12-17/h3,5-6,9-10,17-18H,4,7-8,11-14H2,1-2H3/t18-/m1/s1. The summed E-state index contributed by atoms with van der Waals surface area (Å²) < 4.78 is 2.05. The molecule has 3 heterocycles. The first-order valence-electron chi connectivity index (χ1n) is 10.4. The Bertz CT molecular complexity index is 926. The third-order valence-corrected chi connectivity index (χ3v) is 6.47. The van der Waals surface area contributed by atoms with Gasteiger partial charge in [0.25, 0.3) is 5.91 Å². The van der Waals surface area contributed by atoms with E-state index in [4.69, 9.17) is 9.98 Å². The third kappa shape index (κ3) is 2.74. The fourth-order valence-electron chi connectivity index (χ4n) is 4.91. The quantitative estimate of drug-likeness (QED) is 0.823. The number of carbonyl (C=O) groups is 1. The number of anilines is 1. The molecule has 1 aromatic heterocycles. The van der Waals surface area contributed by atoms with Gasteiger partial charge in [0.1, 0.15) is 5.82 Å². The Morgan fingerprint density at radius 2 is 1.86 bits per heavy atom. The Labute approximate surface area is 165 Å². The summed E-state index contributed by atoms with van der Waals surface area (Å²) in [4.78, 5) is 26.9. The smallest absolute Gasteiger partial charge is 0.280 e. The Morgan fingerprint density at radius 1 is 1.11 bits per heavy atom. The van der Waals surface area contributed by atoms with Crippen LogP contribution in [0.25, 0.3) is 0 Å². The topological polar surface area (TPSA) is 53.7 Å². The Kier molecular flexibility index (Phi) is 4.22. The van der Waals surface area contributed by atoms with Crippen LogP contribution < -0.4 is 4.90 Å². The SMILES string of the molecule is Cc1nc2c(n1Cc1ccccc1)C(=O)N(C)C1=N[C@@H](C3CCCCC3)CN12. The van der Waals surface area contributed by atoms with Crippen molar-refractivity contribution in [1.82, 2.24) is 14.5 Å². The van der Waals surface area contributed by atoms with Crippen LogP contribution in [-0.4, -0.2) is 46.0 Å². The fraction of sp³-hybridized carbons (Fsp3) is 0.500. The molecule has 1 aromatic carbocycles. The van der Waals surface area contributed by atoms with Gasteiger partial charge in [-0.3, -0.25) is 14.6 Å². The number of hydrogen-bond donors (Lipinski definition) is 0. The molecule has 2 aliphatic heterocycles. The second-order valence-corrected chi connectivity index (χ2v) is 8.27. The monoisotopic (exact) mass is 377 g/mol. The molecule has 1 saturated carbocycles. The van der Waals surface area contributed by atoms with Crippen molar-refractivity contribution < 1.29 is 4.79 Å². The number of aliphatic imine (C=N–C) groups is 1. The highest BCUT2D eigenvalue weighted by molar-refractivity contribution is 6.17. The number of amides is 1. The minimum absolute atomic E-state index is 0.00850. The largest absolute Gasteiger partial charge is 0.318 e. The highest BCUT2D eigenvalue weighted by Crippen LogP contribution is 2.36. The van der Waals surface area contributed by atoms with Crippen LogP contribution in [0.2, 0.25) is 0 Å². The van der Waals surface area contributed by atoms with E-state index in [9.17, 15) is 4.79 Å². The van der Waals surface area contributed by atoms with E-state index in [1.807, 2.05) is 36.7 Å². The summed E-state index contributed by atoms with van der Waals surface area (Å²) >= 11 is 0. The minimum atomic E-state index is -0.00850. The van der Waals surface area contributed by atoms with Crippen LogP contribution in [0.3, 0.4) is 0 Å². The predicted molar refractivity (Wildman–Crippen MR) is 110 cm³/mol. The zero-order valence-electron chi connectivity index (χ0n) is 16.6. The lowest BCUT2D eigenvalue weighted by Crippen LogP contribution is -2.49. The average molecular weight is 377 g/mol. The zero-order valence-corrected chi connectivity index (χ0v) is 16.6. The molecule has 1 fully saturated rings. The van der Waals surface area contributed by atoms with E-state index < -0.39 is 0 Å². The van der Waals surface area contributed by atoms with Crippen LogP contribution in [0, 0.1) is 12.8 Å². The molecule has 2 aromatic rings. The zero-order chi connectivity index (χ0) is 19.3. The van der Waals surface area contributed by atoms with Gasteiger partial charge in [-0.25, -0.2) is 9.98 Å². The molecule has 146 valence electrons. The lowest BCUT2D eigenvalue weighted by Gasteiger charge is -2.31. The van der Waals surface area contributed by atoms with Crippen molar-refractivity contribution >= 4 is 17.7 Å². The number of fused-ring (bicyclic) bond motifs is 3. The summed E-state index contributed by atoms with van der Waals surface area (Å²) in [6, 6.07) is 10.5. The summed E-state index contributed by atoms with van der Waals surface area (Å²) in [5.74, 6) is 3.06. The van der Waals surface area contributed by atoms with E-state index in [2.05, 4.69) is 17.0 Å². The molecule has 0 spiro atoms. The van der Waals surface area contributed by atoms with Crippen molar-refractivity contribution in [3.8, 4) is 0 Å². The van der Waals surface area contributed by atoms with Gasteiger partial charge in [0, 0.05) is 13.6 Å². The van der Waals surface area contributed by atoms with Crippen molar-refractivity contribution in [1.29, 1.82) is 0 Å². The fourth-order valence-corrected chi connectivity index (χ4v) is 4.91. The maximum atomic E-state index is 13.2. The number of benzene rings is 1. The summed E-state index contributed by atoms with van der Waals surface area (Å²) in [6.07, 6.45) is 6.45. The van der Waals surface area contributed by atoms with Gasteiger partial charge in [-0.15, -0.1) is 0 Å². The minimum Gasteiger partial charge on any atom is -0.318 e. The number of aryl methyl sites for hydroxylation is 1. The van der Waals surface area contributed by atoms with Crippen LogP contribution in [0.5, 0.6) is 0 Å². The van der Waals surface area contributed by atoms with Crippen LogP contribution in [-0.2, 0) is 6.54 Å². The third-order valence-electron chi connectivity index (χ3n) is 6.47. The van der Waals surface area contributed by atoms with E-state index in [-0.39, 0.29) is 11.9 Å². The first kappa shape index (κ1) is 17.5. The summed E-state index contributed by atoms with van der Waals surface area (Å²) in [5.41, 5.74) is 1.86. The molecule has 28 heavy (non-hydrogen) atoms. The maximum absolute atomic E-state index is 13.2. The van der Waals surface area contributed by atoms with E-state index in [0.29, 0.717) is 18.2 Å². The van der Waals surface area contributed by atoms with Crippen molar-refractivity contribution in [2.75, 3.05) is 18.5 Å². The maximum Gasteiger partial charge on any atom is 0.280 e. The Morgan fingerprint density at radius 3 is 2.61 bits per heavy atom. The van der Waals surface area contributed by atoms with Crippen LogP contribution in [0.4, 0.5) is 5.82 Å². The molecule has 0 bridgehead atoms. The Balaban J connectivity index is 1.50. The summed E-state index contributed by atoms with van der Waals surface area (Å²) in [5, 5.41) is 0. The molecule has 0 saturated heterocycles. The van der Waals surface area contributed by atoms with Crippen molar-refractivity contribution in [2.24, 2.45) is 10.9 Å². The van der Waals surface area contributed by atoms with Crippen molar-refractivity contribution in [3.63, 3.8) is 0 Å². The van der Waals surface area contributed by atoms with Crippen LogP contribution in [0.1, 0.15) is 54.0 Å². The average Bonchev–Trinajstić information content (AvgIpc) is 3.30. The molecular weight excluding hydrogens is 350 g/mol.